The molecule has 45 heavy (non-hydrogen) atoms. The minimum absolute atomic E-state index is 0. The molecule has 5 aromatic rings. The number of aromatic nitrogens is 3. The second kappa shape index (κ2) is 16.4. The molecule has 0 fully saturated rings. The monoisotopic (exact) mass is 686 g/mol. The summed E-state index contributed by atoms with van der Waals surface area (Å²) in [4.78, 5) is 22.1. The van der Waals surface area contributed by atoms with Crippen LogP contribution in [0.15, 0.2) is 84.1 Å². The van der Waals surface area contributed by atoms with E-state index in [1.165, 1.54) is 12.3 Å². The van der Waals surface area contributed by atoms with Crippen LogP contribution in [-0.4, -0.2) is 37.9 Å². The Kier molecular flexibility index (Phi) is 13.3. The summed E-state index contributed by atoms with van der Waals surface area (Å²) in [6, 6.07) is 20.8. The molecule has 1 unspecified atom stereocenters. The van der Waals surface area contributed by atoms with Crippen LogP contribution in [0.5, 0.6) is 5.75 Å². The normalized spacial score (nSPS) is 11.6. The van der Waals surface area contributed by atoms with Gasteiger partial charge < -0.3 is 24.9 Å². The first-order valence-corrected chi connectivity index (χ1v) is 14.9. The van der Waals surface area contributed by atoms with Gasteiger partial charge in [0.2, 0.25) is 0 Å². The number of ether oxygens (including phenoxy) is 1. The topological polar surface area (TPSA) is 120 Å². The van der Waals surface area contributed by atoms with Crippen molar-refractivity contribution in [1.29, 1.82) is 0 Å². The number of carbonyl (C=O) groups excluding carboxylic acids is 1. The smallest absolute Gasteiger partial charge is 0.550 e. The second-order valence-corrected chi connectivity index (χ2v) is 11.4. The second-order valence-electron chi connectivity index (χ2n) is 9.26. The predicted octanol–water partition coefficient (Wildman–Crippen LogP) is 3.55. The summed E-state index contributed by atoms with van der Waals surface area (Å²) in [5.74, 6) is -1.04. The van der Waals surface area contributed by atoms with Crippen LogP contribution in [0, 0.1) is 6.92 Å². The van der Waals surface area contributed by atoms with Crippen LogP contribution in [0.1, 0.15) is 16.8 Å². The summed E-state index contributed by atoms with van der Waals surface area (Å²) >= 11 is 12.1. The number of pyridine rings is 1. The van der Waals surface area contributed by atoms with E-state index < -0.39 is 29.6 Å². The largest absolute Gasteiger partial charge is 1.00 e. The Labute approximate surface area is 291 Å². The Morgan fingerprint density at radius 2 is 1.69 bits per heavy atom. The van der Waals surface area contributed by atoms with E-state index in [0.717, 1.165) is 5.52 Å². The van der Waals surface area contributed by atoms with Crippen LogP contribution < -0.4 is 44.7 Å². The van der Waals surface area contributed by atoms with Gasteiger partial charge in [-0.25, -0.2) is 4.98 Å². The van der Waals surface area contributed by atoms with E-state index in [1.54, 1.807) is 55.5 Å². The van der Waals surface area contributed by atoms with E-state index in [1.807, 2.05) is 18.2 Å². The Morgan fingerprint density at radius 1 is 1.02 bits per heavy atom. The Hall–Kier alpha value is -3.13. The maximum absolute atomic E-state index is 12.5. The first-order chi connectivity index (χ1) is 20.9. The van der Waals surface area contributed by atoms with Crippen LogP contribution in [0.2, 0.25) is 10.0 Å². The number of imidazole rings is 1. The van der Waals surface area contributed by atoms with Gasteiger partial charge in [0.1, 0.15) is 5.75 Å². The summed E-state index contributed by atoms with van der Waals surface area (Å²) < 4.78 is 54.2. The Morgan fingerprint density at radius 3 is 2.36 bits per heavy atom. The zero-order valence-electron chi connectivity index (χ0n) is 24.0. The summed E-state index contributed by atoms with van der Waals surface area (Å²) in [6.45, 7) is 0.202. The third-order valence-electron chi connectivity index (χ3n) is 6.08. The van der Waals surface area contributed by atoms with E-state index in [-0.39, 0.29) is 47.5 Å². The number of rotatable bonds is 9. The number of hydrogen-bond acceptors (Lipinski definition) is 7. The summed E-state index contributed by atoms with van der Waals surface area (Å²) in [7, 11) is -1.51. The number of aliphatic carboxylic acids is 1. The molecule has 2 heterocycles. The number of carbonyl (C=O) groups is 1. The van der Waals surface area contributed by atoms with Crippen molar-refractivity contribution in [2.24, 2.45) is 0 Å². The number of carboxylic acids is 1. The summed E-state index contributed by atoms with van der Waals surface area (Å²) in [5, 5.41) is 15.0. The SMILES string of the molecule is Cc1c(OCC(F)(F)F)ccnc1CS(=O)c1nc2ccccc2[nH]1.O=C([O-])Cc1ccccc1Nc1c(Cl)cccc1Cl.[Na+]. The van der Waals surface area contributed by atoms with Crippen molar-refractivity contribution in [2.75, 3.05) is 11.9 Å². The third kappa shape index (κ3) is 10.5. The minimum Gasteiger partial charge on any atom is -0.550 e. The van der Waals surface area contributed by atoms with Crippen LogP contribution >= 0.6 is 23.2 Å². The molecule has 2 aromatic heterocycles. The van der Waals surface area contributed by atoms with Gasteiger partial charge in [0, 0.05) is 29.8 Å². The maximum atomic E-state index is 12.5. The number of H-pyrrole nitrogens is 1. The quantitative estimate of drug-likeness (QED) is 0.228. The number of alkyl halides is 3. The molecule has 0 radical (unpaired) electrons. The fraction of sp³-hybridized carbons (Fsp3) is 0.167. The van der Waals surface area contributed by atoms with E-state index in [4.69, 9.17) is 27.9 Å². The molecule has 5 rings (SSSR count). The molecule has 0 spiro atoms. The van der Waals surface area contributed by atoms with Gasteiger partial charge in [0.15, 0.2) is 11.8 Å². The fourth-order valence-electron chi connectivity index (χ4n) is 3.95. The molecule has 1 atom stereocenters. The first-order valence-electron chi connectivity index (χ1n) is 12.9. The molecule has 3 aromatic carbocycles. The Balaban J connectivity index is 0.000000249. The molecule has 0 aliphatic carbocycles. The standard InChI is InChI=1S/C16H14F3N3O2S.C14H11Cl2NO2.Na/c1-10-13(20-7-6-14(10)24-9-16(17,18)19)8-25(23)15-21-11-4-2-3-5-12(11)22-15;15-10-5-3-6-11(16)14(10)17-12-7-2-1-4-9(12)8-13(18)19;/h2-7H,8-9H2,1H3,(H,21,22);1-7,17H,8H2,(H,18,19);/q;;+1/p-1. The average molecular weight is 688 g/mol. The van der Waals surface area contributed by atoms with E-state index >= 15 is 0 Å². The van der Waals surface area contributed by atoms with E-state index in [9.17, 15) is 27.3 Å². The van der Waals surface area contributed by atoms with Crippen LogP contribution in [-0.2, 0) is 27.8 Å². The van der Waals surface area contributed by atoms with Crippen LogP contribution in [0.25, 0.3) is 11.0 Å². The molecule has 0 amide bonds. The number of nitrogens with zero attached hydrogens (tertiary/aromatic N) is 2. The molecule has 2 N–H and O–H groups in total. The predicted molar refractivity (Wildman–Crippen MR) is 162 cm³/mol. The molecular weight excluding hydrogens is 663 g/mol. The molecule has 8 nitrogen and oxygen atoms in total. The number of fused-ring (bicyclic) bond motifs is 1. The van der Waals surface area contributed by atoms with Crippen molar-refractivity contribution in [2.45, 2.75) is 30.4 Å². The van der Waals surface area contributed by atoms with Crippen molar-refractivity contribution >= 4 is 62.4 Å². The van der Waals surface area contributed by atoms with Gasteiger partial charge >= 0.3 is 35.7 Å². The van der Waals surface area contributed by atoms with Gasteiger partial charge in [-0.2, -0.15) is 13.2 Å². The van der Waals surface area contributed by atoms with Gasteiger partial charge in [-0.1, -0.05) is 59.6 Å². The number of halogens is 5. The first kappa shape index (κ1) is 36.3. The van der Waals surface area contributed by atoms with E-state index in [2.05, 4.69) is 20.3 Å². The molecule has 0 saturated carbocycles. The van der Waals surface area contributed by atoms with Crippen molar-refractivity contribution in [3.05, 3.63) is 106 Å². The number of benzene rings is 3. The molecule has 15 heteroatoms. The van der Waals surface area contributed by atoms with Crippen molar-refractivity contribution in [3.63, 3.8) is 0 Å². The number of para-hydroxylation sites is 4. The summed E-state index contributed by atoms with van der Waals surface area (Å²) in [6.07, 6.45) is -3.26. The van der Waals surface area contributed by atoms with Gasteiger partial charge in [0.05, 0.1) is 49.0 Å². The number of anilines is 2. The van der Waals surface area contributed by atoms with Gasteiger partial charge in [0.25, 0.3) is 0 Å². The summed E-state index contributed by atoms with van der Waals surface area (Å²) in [5.41, 5.74) is 4.09. The molecule has 0 aliphatic heterocycles. The van der Waals surface area contributed by atoms with Gasteiger partial charge in [-0.05, 0) is 48.9 Å². The van der Waals surface area contributed by atoms with Crippen LogP contribution in [0.3, 0.4) is 0 Å². The molecule has 0 bridgehead atoms. The number of hydrogen-bond donors (Lipinski definition) is 2. The van der Waals surface area contributed by atoms with Crippen LogP contribution in [0.4, 0.5) is 24.5 Å². The molecule has 230 valence electrons. The molecule has 0 aliphatic rings. The Bertz CT molecular complexity index is 1750. The zero-order chi connectivity index (χ0) is 31.9. The van der Waals surface area contributed by atoms with Crippen molar-refractivity contribution < 1.29 is 61.6 Å². The zero-order valence-corrected chi connectivity index (χ0v) is 28.3. The van der Waals surface area contributed by atoms with Crippen molar-refractivity contribution in [3.8, 4) is 5.75 Å². The van der Waals surface area contributed by atoms with E-state index in [0.29, 0.717) is 48.9 Å². The van der Waals surface area contributed by atoms with Gasteiger partial charge in [-0.3, -0.25) is 9.19 Å². The fourth-order valence-corrected chi connectivity index (χ4v) is 5.55. The minimum atomic E-state index is -4.42. The number of nitrogens with one attached hydrogen (secondary N) is 2. The average Bonchev–Trinajstić information content (AvgIpc) is 3.41. The molecule has 0 saturated heterocycles. The molecular formula is C30H24Cl2F3N4NaO4S. The van der Waals surface area contributed by atoms with Crippen molar-refractivity contribution in [1.82, 2.24) is 15.0 Å². The van der Waals surface area contributed by atoms with Gasteiger partial charge in [-0.15, -0.1) is 0 Å². The maximum Gasteiger partial charge on any atom is 1.00 e. The third-order valence-corrected chi connectivity index (χ3v) is 7.87. The number of aromatic amines is 1. The number of carboxylic acid groups (broad SMARTS) is 1.